The van der Waals surface area contributed by atoms with Crippen molar-refractivity contribution in [3.63, 3.8) is 0 Å². The van der Waals surface area contributed by atoms with E-state index in [2.05, 4.69) is 31.7 Å². The number of hydrogen-bond donors (Lipinski definition) is 1. The normalized spacial score (nSPS) is 17.6. The zero-order valence-corrected chi connectivity index (χ0v) is 14.1. The van der Waals surface area contributed by atoms with Crippen molar-refractivity contribution in [3.05, 3.63) is 33.2 Å². The van der Waals surface area contributed by atoms with Crippen LogP contribution in [0, 0.1) is 0 Å². The minimum Gasteiger partial charge on any atom is -0.322 e. The van der Waals surface area contributed by atoms with Crippen molar-refractivity contribution in [1.82, 2.24) is 9.47 Å². The van der Waals surface area contributed by atoms with Gasteiger partial charge in [0.15, 0.2) is 0 Å². The minimum absolute atomic E-state index is 0.0977. The third-order valence-electron chi connectivity index (χ3n) is 4.66. The number of hydrogen-bond acceptors (Lipinski definition) is 3. The minimum atomic E-state index is -0.601. The molecule has 0 amide bonds. The lowest BCUT2D eigenvalue weighted by Crippen LogP contribution is -2.43. The van der Waals surface area contributed by atoms with Gasteiger partial charge in [0.2, 0.25) is 0 Å². The number of nitrogens with two attached hydrogens (primary N) is 1. The van der Waals surface area contributed by atoms with Crippen molar-refractivity contribution < 1.29 is 0 Å². The lowest BCUT2D eigenvalue weighted by molar-refractivity contribution is 0.258. The van der Waals surface area contributed by atoms with Gasteiger partial charge in [0.05, 0.1) is 0 Å². The van der Waals surface area contributed by atoms with Crippen LogP contribution in [0.3, 0.4) is 0 Å². The number of rotatable bonds is 4. The van der Waals surface area contributed by atoms with Gasteiger partial charge in [-0.1, -0.05) is 13.8 Å². The highest BCUT2D eigenvalue weighted by Gasteiger charge is 2.27. The van der Waals surface area contributed by atoms with Gasteiger partial charge in [-0.25, -0.2) is 0 Å². The fourth-order valence-corrected chi connectivity index (χ4v) is 3.11. The maximum atomic E-state index is 12.9. The summed E-state index contributed by atoms with van der Waals surface area (Å²) in [5.74, 6) is 0. The molecule has 1 aliphatic heterocycles. The van der Waals surface area contributed by atoms with Gasteiger partial charge in [-0.3, -0.25) is 9.69 Å². The molecule has 4 nitrogen and oxygen atoms in total. The highest BCUT2D eigenvalue weighted by atomic mass is 16.1. The Hall–Kier alpha value is -1.13. The molecule has 1 aromatic rings. The Bertz CT molecular complexity index is 569. The van der Waals surface area contributed by atoms with Crippen molar-refractivity contribution in [3.8, 4) is 0 Å². The summed E-state index contributed by atoms with van der Waals surface area (Å²) < 4.78 is 2.01. The topological polar surface area (TPSA) is 51.3 Å². The van der Waals surface area contributed by atoms with E-state index in [0.29, 0.717) is 0 Å². The maximum Gasteiger partial charge on any atom is 0.256 e. The molecular weight excluding hydrogens is 262 g/mol. The number of fused-ring (bicyclic) bond motifs is 1. The molecule has 0 aliphatic carbocycles. The number of pyridine rings is 1. The van der Waals surface area contributed by atoms with Crippen molar-refractivity contribution in [2.75, 3.05) is 13.1 Å². The fourth-order valence-electron chi connectivity index (χ4n) is 3.11. The molecule has 0 saturated heterocycles. The average Bonchev–Trinajstić information content (AvgIpc) is 2.44. The standard InChI is InChI=1S/C17H29N3O/c1-6-12(3)20-15-8-9-19(7-2)11-13(15)10-14(16(20)21)17(4,5)18/h10,12H,6-9,11,18H2,1-5H3. The molecule has 4 heteroatoms. The van der Waals surface area contributed by atoms with E-state index in [1.807, 2.05) is 18.4 Å². The maximum absolute atomic E-state index is 12.9. The van der Waals surface area contributed by atoms with Crippen LogP contribution in [-0.4, -0.2) is 22.6 Å². The van der Waals surface area contributed by atoms with Crippen LogP contribution in [-0.2, 0) is 18.5 Å². The van der Waals surface area contributed by atoms with Crippen molar-refractivity contribution >= 4 is 0 Å². The first-order valence-corrected chi connectivity index (χ1v) is 8.08. The van der Waals surface area contributed by atoms with Gasteiger partial charge in [-0.15, -0.1) is 0 Å². The van der Waals surface area contributed by atoms with Crippen LogP contribution in [0.4, 0.5) is 0 Å². The van der Waals surface area contributed by atoms with E-state index in [1.54, 1.807) is 0 Å². The van der Waals surface area contributed by atoms with E-state index in [1.165, 1.54) is 11.3 Å². The SMILES string of the molecule is CCC(C)n1c2c(cc(C(C)(C)N)c1=O)CN(CC)CC2. The Labute approximate surface area is 127 Å². The zero-order chi connectivity index (χ0) is 15.8. The lowest BCUT2D eigenvalue weighted by Gasteiger charge is -2.33. The Balaban J connectivity index is 2.66. The Kier molecular flexibility index (Phi) is 4.59. The summed E-state index contributed by atoms with van der Waals surface area (Å²) in [4.78, 5) is 15.3. The van der Waals surface area contributed by atoms with Crippen LogP contribution in [0.5, 0.6) is 0 Å². The summed E-state index contributed by atoms with van der Waals surface area (Å²) in [7, 11) is 0. The van der Waals surface area contributed by atoms with Gasteiger partial charge in [0.25, 0.3) is 5.56 Å². The Morgan fingerprint density at radius 1 is 1.38 bits per heavy atom. The second-order valence-corrected chi connectivity index (χ2v) is 6.80. The predicted octanol–water partition coefficient (Wildman–Crippen LogP) is 2.39. The van der Waals surface area contributed by atoms with Gasteiger partial charge < -0.3 is 10.3 Å². The van der Waals surface area contributed by atoms with E-state index in [9.17, 15) is 4.79 Å². The summed E-state index contributed by atoms with van der Waals surface area (Å²) in [5, 5.41) is 0. The van der Waals surface area contributed by atoms with Crippen molar-refractivity contribution in [1.29, 1.82) is 0 Å². The van der Waals surface area contributed by atoms with E-state index in [4.69, 9.17) is 5.73 Å². The molecule has 1 aromatic heterocycles. The molecule has 0 radical (unpaired) electrons. The van der Waals surface area contributed by atoms with Crippen LogP contribution in [0.1, 0.15) is 63.9 Å². The predicted molar refractivity (Wildman–Crippen MR) is 87.6 cm³/mol. The third-order valence-corrected chi connectivity index (χ3v) is 4.66. The van der Waals surface area contributed by atoms with Gasteiger partial charge in [-0.2, -0.15) is 0 Å². The van der Waals surface area contributed by atoms with Crippen molar-refractivity contribution in [2.45, 2.75) is 65.6 Å². The van der Waals surface area contributed by atoms with Gasteiger partial charge in [0.1, 0.15) is 0 Å². The van der Waals surface area contributed by atoms with Crippen LogP contribution in [0.25, 0.3) is 0 Å². The zero-order valence-electron chi connectivity index (χ0n) is 14.1. The molecule has 1 unspecified atom stereocenters. The molecule has 0 saturated carbocycles. The summed E-state index contributed by atoms with van der Waals surface area (Å²) >= 11 is 0. The smallest absolute Gasteiger partial charge is 0.256 e. The molecule has 1 atom stereocenters. The molecule has 0 spiro atoms. The summed E-state index contributed by atoms with van der Waals surface area (Å²) in [6, 6.07) is 2.28. The fraction of sp³-hybridized carbons (Fsp3) is 0.706. The molecule has 0 aromatic carbocycles. The van der Waals surface area contributed by atoms with E-state index >= 15 is 0 Å². The highest BCUT2D eigenvalue weighted by molar-refractivity contribution is 5.32. The first-order valence-electron chi connectivity index (χ1n) is 8.08. The number of likely N-dealkylation sites (N-methyl/N-ethyl adjacent to an activating group) is 1. The first kappa shape index (κ1) is 16.2. The third kappa shape index (κ3) is 3.06. The summed E-state index contributed by atoms with van der Waals surface area (Å²) in [6.45, 7) is 13.3. The molecule has 2 rings (SSSR count). The van der Waals surface area contributed by atoms with Gasteiger partial charge >= 0.3 is 0 Å². The monoisotopic (exact) mass is 291 g/mol. The second-order valence-electron chi connectivity index (χ2n) is 6.80. The summed E-state index contributed by atoms with van der Waals surface area (Å²) in [6.07, 6.45) is 1.91. The van der Waals surface area contributed by atoms with Gasteiger partial charge in [0, 0.05) is 42.3 Å². The molecule has 2 N–H and O–H groups in total. The molecular formula is C17H29N3O. The van der Waals surface area contributed by atoms with Crippen LogP contribution in [0.2, 0.25) is 0 Å². The Morgan fingerprint density at radius 2 is 2.05 bits per heavy atom. The van der Waals surface area contributed by atoms with Crippen LogP contribution in [0.15, 0.2) is 10.9 Å². The van der Waals surface area contributed by atoms with Crippen LogP contribution < -0.4 is 11.3 Å². The first-order chi connectivity index (χ1) is 9.79. The highest BCUT2D eigenvalue weighted by Crippen LogP contribution is 2.25. The van der Waals surface area contributed by atoms with Crippen molar-refractivity contribution in [2.24, 2.45) is 5.73 Å². The van der Waals surface area contributed by atoms with E-state index in [-0.39, 0.29) is 11.6 Å². The summed E-state index contributed by atoms with van der Waals surface area (Å²) in [5.41, 5.74) is 8.96. The average molecular weight is 291 g/mol. The molecule has 2 heterocycles. The quantitative estimate of drug-likeness (QED) is 0.926. The second kappa shape index (κ2) is 5.93. The van der Waals surface area contributed by atoms with E-state index in [0.717, 1.165) is 38.0 Å². The molecule has 118 valence electrons. The molecule has 0 bridgehead atoms. The number of aromatic nitrogens is 1. The number of nitrogens with zero attached hydrogens (tertiary/aromatic N) is 2. The molecule has 1 aliphatic rings. The lowest BCUT2D eigenvalue weighted by atomic mass is 9.92. The Morgan fingerprint density at radius 3 is 2.57 bits per heavy atom. The van der Waals surface area contributed by atoms with E-state index < -0.39 is 5.54 Å². The largest absolute Gasteiger partial charge is 0.322 e. The van der Waals surface area contributed by atoms with Crippen LogP contribution >= 0.6 is 0 Å². The van der Waals surface area contributed by atoms with Gasteiger partial charge in [-0.05, 0) is 45.4 Å². The molecule has 0 fully saturated rings. The molecule has 21 heavy (non-hydrogen) atoms.